The highest BCUT2D eigenvalue weighted by atomic mass is 16.5. The molecule has 0 saturated heterocycles. The molecule has 0 aliphatic rings. The molecule has 0 N–H and O–H groups in total. The topological polar surface area (TPSA) is 101 Å². The molecule has 3 heterocycles. The van der Waals surface area contributed by atoms with Gasteiger partial charge in [-0.3, -0.25) is 9.36 Å². The number of nitrogens with zero attached hydrogens (tertiary/aromatic N) is 6. The van der Waals surface area contributed by atoms with E-state index in [-0.39, 0.29) is 12.1 Å². The van der Waals surface area contributed by atoms with Crippen LogP contribution in [0.2, 0.25) is 0 Å². The predicted molar refractivity (Wildman–Crippen MR) is 118 cm³/mol. The molecule has 0 fully saturated rings. The van der Waals surface area contributed by atoms with E-state index in [4.69, 9.17) is 9.26 Å². The number of rotatable bonds is 6. The Morgan fingerprint density at radius 1 is 1.06 bits per heavy atom. The van der Waals surface area contributed by atoms with Gasteiger partial charge < -0.3 is 9.26 Å². The lowest BCUT2D eigenvalue weighted by atomic mass is 10.1. The molecule has 32 heavy (non-hydrogen) atoms. The van der Waals surface area contributed by atoms with Gasteiger partial charge in [0.1, 0.15) is 24.0 Å². The first-order valence-electron chi connectivity index (χ1n) is 10.2. The maximum absolute atomic E-state index is 13.0. The first-order chi connectivity index (χ1) is 15.7. The van der Waals surface area contributed by atoms with E-state index in [9.17, 15) is 4.79 Å². The van der Waals surface area contributed by atoms with Crippen molar-refractivity contribution < 1.29 is 9.26 Å². The summed E-state index contributed by atoms with van der Waals surface area (Å²) in [5, 5.41) is 8.79. The Bertz CT molecular complexity index is 1430. The Morgan fingerprint density at radius 3 is 2.56 bits per heavy atom. The van der Waals surface area contributed by atoms with Crippen LogP contribution in [0.1, 0.15) is 18.4 Å². The van der Waals surface area contributed by atoms with Crippen molar-refractivity contribution in [3.8, 4) is 22.8 Å². The van der Waals surface area contributed by atoms with Crippen molar-refractivity contribution >= 4 is 11.0 Å². The maximum Gasteiger partial charge on any atom is 0.264 e. The van der Waals surface area contributed by atoms with Crippen LogP contribution in [0.15, 0.2) is 70.4 Å². The lowest BCUT2D eigenvalue weighted by Crippen LogP contribution is -2.21. The van der Waals surface area contributed by atoms with Crippen LogP contribution >= 0.6 is 0 Å². The number of fused-ring (bicyclic) bond motifs is 1. The molecule has 0 aliphatic carbocycles. The smallest absolute Gasteiger partial charge is 0.264 e. The molecule has 0 radical (unpaired) electrons. The average Bonchev–Trinajstić information content (AvgIpc) is 3.49. The zero-order valence-electron chi connectivity index (χ0n) is 17.6. The SMILES string of the molecule is CCc1ccc(-n2ncc3c(=O)n(Cc4nc(-c5ccc(OC)cc5)no4)cnc32)cc1. The number of aryl methyl sites for hydroxylation is 1. The molecular formula is C23H20N6O3. The van der Waals surface area contributed by atoms with E-state index in [1.165, 1.54) is 22.7 Å². The first-order valence-corrected chi connectivity index (χ1v) is 10.2. The summed E-state index contributed by atoms with van der Waals surface area (Å²) in [5.74, 6) is 1.49. The highest BCUT2D eigenvalue weighted by molar-refractivity contribution is 5.74. The standard InChI is InChI=1S/C23H20N6O3/c1-3-15-4-8-17(9-5-15)29-22-19(12-25-29)23(30)28(14-24-22)13-20-26-21(27-32-20)16-6-10-18(31-2)11-7-16/h4-12,14H,3,13H2,1-2H3. The Labute approximate surface area is 182 Å². The summed E-state index contributed by atoms with van der Waals surface area (Å²) in [7, 11) is 1.61. The molecule has 3 aromatic heterocycles. The summed E-state index contributed by atoms with van der Waals surface area (Å²) in [4.78, 5) is 21.8. The fraction of sp³-hybridized carbons (Fsp3) is 0.174. The molecular weight excluding hydrogens is 408 g/mol. The van der Waals surface area contributed by atoms with Crippen LogP contribution in [0.3, 0.4) is 0 Å². The van der Waals surface area contributed by atoms with Crippen LogP contribution in [0.5, 0.6) is 5.75 Å². The number of methoxy groups -OCH3 is 1. The highest BCUT2D eigenvalue weighted by Crippen LogP contribution is 2.20. The van der Waals surface area contributed by atoms with Crippen molar-refractivity contribution in [1.82, 2.24) is 29.5 Å². The number of benzene rings is 2. The largest absolute Gasteiger partial charge is 0.497 e. The van der Waals surface area contributed by atoms with Crippen molar-refractivity contribution in [3.05, 3.63) is 82.9 Å². The van der Waals surface area contributed by atoms with Gasteiger partial charge in [0.25, 0.3) is 5.56 Å². The zero-order valence-corrected chi connectivity index (χ0v) is 17.6. The molecule has 5 aromatic rings. The molecule has 0 atom stereocenters. The molecule has 9 nitrogen and oxygen atoms in total. The van der Waals surface area contributed by atoms with Crippen molar-refractivity contribution in [2.45, 2.75) is 19.9 Å². The van der Waals surface area contributed by atoms with E-state index < -0.39 is 0 Å². The molecule has 0 unspecified atom stereocenters. The van der Waals surface area contributed by atoms with Gasteiger partial charge in [-0.2, -0.15) is 10.1 Å². The second-order valence-electron chi connectivity index (χ2n) is 7.23. The second kappa shape index (κ2) is 8.10. The molecule has 0 saturated carbocycles. The Kier molecular flexibility index (Phi) is 4.98. The molecule has 0 amide bonds. The monoisotopic (exact) mass is 428 g/mol. The highest BCUT2D eigenvalue weighted by Gasteiger charge is 2.14. The Morgan fingerprint density at radius 2 is 1.84 bits per heavy atom. The third-order valence-electron chi connectivity index (χ3n) is 5.27. The summed E-state index contributed by atoms with van der Waals surface area (Å²) in [6.07, 6.45) is 3.96. The van der Waals surface area contributed by atoms with E-state index in [1.807, 2.05) is 48.5 Å². The minimum Gasteiger partial charge on any atom is -0.497 e. The van der Waals surface area contributed by atoms with Gasteiger partial charge in [0.2, 0.25) is 11.7 Å². The Balaban J connectivity index is 1.42. The van der Waals surface area contributed by atoms with Gasteiger partial charge in [-0.25, -0.2) is 9.67 Å². The third kappa shape index (κ3) is 3.53. The van der Waals surface area contributed by atoms with E-state index in [0.717, 1.165) is 23.4 Å². The predicted octanol–water partition coefficient (Wildman–Crippen LogP) is 3.25. The van der Waals surface area contributed by atoms with Crippen LogP contribution in [0.4, 0.5) is 0 Å². The van der Waals surface area contributed by atoms with E-state index in [1.54, 1.807) is 11.8 Å². The summed E-state index contributed by atoms with van der Waals surface area (Å²) in [6.45, 7) is 2.22. The maximum atomic E-state index is 13.0. The van der Waals surface area contributed by atoms with E-state index in [2.05, 4.69) is 27.1 Å². The summed E-state index contributed by atoms with van der Waals surface area (Å²) in [6, 6.07) is 15.3. The summed E-state index contributed by atoms with van der Waals surface area (Å²) >= 11 is 0. The van der Waals surface area contributed by atoms with Gasteiger partial charge in [-0.1, -0.05) is 24.2 Å². The van der Waals surface area contributed by atoms with Crippen molar-refractivity contribution in [3.63, 3.8) is 0 Å². The quantitative estimate of drug-likeness (QED) is 0.409. The third-order valence-corrected chi connectivity index (χ3v) is 5.27. The van der Waals surface area contributed by atoms with Crippen LogP contribution in [-0.4, -0.2) is 36.6 Å². The van der Waals surface area contributed by atoms with Crippen molar-refractivity contribution in [1.29, 1.82) is 0 Å². The second-order valence-corrected chi connectivity index (χ2v) is 7.23. The van der Waals surface area contributed by atoms with Crippen molar-refractivity contribution in [2.75, 3.05) is 7.11 Å². The van der Waals surface area contributed by atoms with E-state index >= 15 is 0 Å². The summed E-state index contributed by atoms with van der Waals surface area (Å²) in [5.41, 5.74) is 3.14. The number of aromatic nitrogens is 6. The summed E-state index contributed by atoms with van der Waals surface area (Å²) < 4.78 is 13.6. The van der Waals surface area contributed by atoms with Gasteiger partial charge >= 0.3 is 0 Å². The molecule has 160 valence electrons. The van der Waals surface area contributed by atoms with Gasteiger partial charge in [0, 0.05) is 5.56 Å². The van der Waals surface area contributed by atoms with Gasteiger partial charge in [0.15, 0.2) is 5.65 Å². The lowest BCUT2D eigenvalue weighted by molar-refractivity contribution is 0.369. The van der Waals surface area contributed by atoms with Crippen LogP contribution in [0, 0.1) is 0 Å². The zero-order chi connectivity index (χ0) is 22.1. The minimum atomic E-state index is -0.226. The number of ether oxygens (including phenoxy) is 1. The Hall–Kier alpha value is -4.27. The number of hydrogen-bond acceptors (Lipinski definition) is 7. The number of hydrogen-bond donors (Lipinski definition) is 0. The normalized spacial score (nSPS) is 11.2. The van der Waals surface area contributed by atoms with Gasteiger partial charge in [-0.05, 0) is 48.4 Å². The first kappa shape index (κ1) is 19.7. The van der Waals surface area contributed by atoms with E-state index in [0.29, 0.717) is 22.7 Å². The fourth-order valence-corrected chi connectivity index (χ4v) is 3.45. The molecule has 9 heteroatoms. The molecule has 5 rings (SSSR count). The fourth-order valence-electron chi connectivity index (χ4n) is 3.45. The average molecular weight is 428 g/mol. The van der Waals surface area contributed by atoms with Crippen LogP contribution in [-0.2, 0) is 13.0 Å². The van der Waals surface area contributed by atoms with Crippen LogP contribution < -0.4 is 10.3 Å². The van der Waals surface area contributed by atoms with Gasteiger partial charge in [0.05, 0.1) is 19.0 Å². The van der Waals surface area contributed by atoms with Crippen LogP contribution in [0.25, 0.3) is 28.1 Å². The lowest BCUT2D eigenvalue weighted by Gasteiger charge is -2.05. The molecule has 0 aliphatic heterocycles. The molecule has 0 spiro atoms. The molecule has 0 bridgehead atoms. The molecule has 2 aromatic carbocycles. The van der Waals surface area contributed by atoms with Gasteiger partial charge in [-0.15, -0.1) is 0 Å². The van der Waals surface area contributed by atoms with Crippen molar-refractivity contribution in [2.24, 2.45) is 0 Å². The minimum absolute atomic E-state index is 0.112.